The molecule has 1 saturated carbocycles. The second kappa shape index (κ2) is 9.35. The number of hydrogen-bond acceptors (Lipinski definition) is 7. The second-order valence-electron chi connectivity index (χ2n) is 8.12. The molecule has 1 aliphatic rings. The average Bonchev–Trinajstić information content (AvgIpc) is 3.26. The Hall–Kier alpha value is -3.20. The van der Waals surface area contributed by atoms with Gasteiger partial charge in [0.1, 0.15) is 0 Å². The van der Waals surface area contributed by atoms with E-state index in [0.29, 0.717) is 34.3 Å². The van der Waals surface area contributed by atoms with Gasteiger partial charge in [-0.2, -0.15) is 12.5 Å². The lowest BCUT2D eigenvalue weighted by atomic mass is 9.84. The zero-order valence-electron chi connectivity index (χ0n) is 19.1. The SMILES string of the molecule is COc1cc(-c2cn(S(=O)(=O)c3ccc(C4CCCCC4)cc3)nc2N)cc(OC)c1OC. The first-order valence-corrected chi connectivity index (χ1v) is 12.3. The van der Waals surface area contributed by atoms with Crippen molar-refractivity contribution in [2.45, 2.75) is 42.9 Å². The topological polar surface area (TPSA) is 106 Å². The molecule has 0 atom stereocenters. The van der Waals surface area contributed by atoms with E-state index in [1.165, 1.54) is 52.4 Å². The molecule has 0 unspecified atom stereocenters. The van der Waals surface area contributed by atoms with Crippen molar-refractivity contribution in [2.75, 3.05) is 27.1 Å². The number of nitrogen functional groups attached to an aromatic ring is 1. The molecule has 176 valence electrons. The van der Waals surface area contributed by atoms with Gasteiger partial charge in [0.2, 0.25) is 5.75 Å². The molecule has 0 aliphatic heterocycles. The van der Waals surface area contributed by atoms with Crippen LogP contribution in [0.15, 0.2) is 47.5 Å². The van der Waals surface area contributed by atoms with Crippen LogP contribution in [0.1, 0.15) is 43.6 Å². The number of hydrogen-bond donors (Lipinski definition) is 1. The first-order valence-electron chi connectivity index (χ1n) is 10.9. The highest BCUT2D eigenvalue weighted by Gasteiger charge is 2.23. The molecule has 0 amide bonds. The van der Waals surface area contributed by atoms with E-state index in [9.17, 15) is 8.42 Å². The van der Waals surface area contributed by atoms with E-state index in [4.69, 9.17) is 19.9 Å². The molecule has 9 heteroatoms. The van der Waals surface area contributed by atoms with E-state index < -0.39 is 10.0 Å². The van der Waals surface area contributed by atoms with Crippen molar-refractivity contribution in [2.24, 2.45) is 0 Å². The maximum atomic E-state index is 13.2. The van der Waals surface area contributed by atoms with Crippen molar-refractivity contribution in [1.29, 1.82) is 0 Å². The Kier molecular flexibility index (Phi) is 6.51. The average molecular weight is 472 g/mol. The number of methoxy groups -OCH3 is 3. The molecule has 1 fully saturated rings. The summed E-state index contributed by atoms with van der Waals surface area (Å²) in [5.74, 6) is 1.87. The molecule has 2 N–H and O–H groups in total. The van der Waals surface area contributed by atoms with Gasteiger partial charge < -0.3 is 19.9 Å². The van der Waals surface area contributed by atoms with E-state index in [1.807, 2.05) is 12.1 Å². The van der Waals surface area contributed by atoms with Crippen molar-refractivity contribution in [3.63, 3.8) is 0 Å². The van der Waals surface area contributed by atoms with Crippen LogP contribution in [-0.4, -0.2) is 38.9 Å². The maximum Gasteiger partial charge on any atom is 0.283 e. The predicted molar refractivity (Wildman–Crippen MR) is 127 cm³/mol. The summed E-state index contributed by atoms with van der Waals surface area (Å²) >= 11 is 0. The Bertz CT molecular complexity index is 1200. The van der Waals surface area contributed by atoms with Gasteiger partial charge in [-0.05, 0) is 54.2 Å². The van der Waals surface area contributed by atoms with Gasteiger partial charge in [0.05, 0.1) is 32.4 Å². The molecule has 2 aromatic carbocycles. The molecule has 33 heavy (non-hydrogen) atoms. The fourth-order valence-corrected chi connectivity index (χ4v) is 5.54. The standard InChI is InChI=1S/C24H29N3O5S/c1-30-21-13-18(14-22(31-2)23(21)32-3)20-15-27(26-24(20)25)33(28,29)19-11-9-17(10-12-19)16-7-5-4-6-8-16/h9-16H,4-8H2,1-3H3,(H2,25,26). The van der Waals surface area contributed by atoms with Crippen molar-refractivity contribution in [3.05, 3.63) is 48.2 Å². The minimum atomic E-state index is -3.90. The summed E-state index contributed by atoms with van der Waals surface area (Å²) in [6, 6.07) is 10.5. The summed E-state index contributed by atoms with van der Waals surface area (Å²) in [7, 11) is 0.629. The van der Waals surface area contributed by atoms with E-state index in [2.05, 4.69) is 5.10 Å². The number of nitrogens with zero attached hydrogens (tertiary/aromatic N) is 2. The highest BCUT2D eigenvalue weighted by molar-refractivity contribution is 7.89. The molecular weight excluding hydrogens is 442 g/mol. The Balaban J connectivity index is 1.68. The van der Waals surface area contributed by atoms with Gasteiger partial charge in [-0.3, -0.25) is 0 Å². The summed E-state index contributed by atoms with van der Waals surface area (Å²) in [6.07, 6.45) is 7.43. The number of ether oxygens (including phenoxy) is 3. The lowest BCUT2D eigenvalue weighted by Crippen LogP contribution is -2.14. The Morgan fingerprint density at radius 3 is 2.09 bits per heavy atom. The van der Waals surface area contributed by atoms with Crippen LogP contribution in [-0.2, 0) is 10.0 Å². The summed E-state index contributed by atoms with van der Waals surface area (Å²) in [6.45, 7) is 0. The van der Waals surface area contributed by atoms with Gasteiger partial charge in [0.25, 0.3) is 10.0 Å². The second-order valence-corrected chi connectivity index (χ2v) is 9.92. The third kappa shape index (κ3) is 4.37. The van der Waals surface area contributed by atoms with Crippen LogP contribution in [0.25, 0.3) is 11.1 Å². The predicted octanol–water partition coefficient (Wildman–Crippen LogP) is 4.44. The van der Waals surface area contributed by atoms with Gasteiger partial charge in [0, 0.05) is 5.56 Å². The quantitative estimate of drug-likeness (QED) is 0.543. The number of benzene rings is 2. The third-order valence-electron chi connectivity index (χ3n) is 6.20. The molecule has 1 aliphatic carbocycles. The first-order chi connectivity index (χ1) is 15.9. The van der Waals surface area contributed by atoms with E-state index in [0.717, 1.165) is 16.9 Å². The van der Waals surface area contributed by atoms with Crippen LogP contribution < -0.4 is 19.9 Å². The zero-order valence-corrected chi connectivity index (χ0v) is 19.9. The minimum absolute atomic E-state index is 0.0756. The minimum Gasteiger partial charge on any atom is -0.493 e. The van der Waals surface area contributed by atoms with Gasteiger partial charge in [0.15, 0.2) is 17.3 Å². The normalized spacial score (nSPS) is 14.8. The number of rotatable bonds is 7. The molecule has 0 radical (unpaired) electrons. The fraction of sp³-hybridized carbons (Fsp3) is 0.375. The molecule has 0 spiro atoms. The van der Waals surface area contributed by atoms with Gasteiger partial charge in [-0.25, -0.2) is 0 Å². The highest BCUT2D eigenvalue weighted by Crippen LogP contribution is 2.42. The summed E-state index contributed by atoms with van der Waals surface area (Å²) in [4.78, 5) is 0.168. The Labute approximate surface area is 194 Å². The number of nitrogens with two attached hydrogens (primary N) is 1. The van der Waals surface area contributed by atoms with E-state index >= 15 is 0 Å². The van der Waals surface area contributed by atoms with Crippen LogP contribution in [0.5, 0.6) is 17.2 Å². The van der Waals surface area contributed by atoms with Gasteiger partial charge >= 0.3 is 0 Å². The van der Waals surface area contributed by atoms with Gasteiger partial charge in [-0.1, -0.05) is 31.4 Å². The largest absolute Gasteiger partial charge is 0.493 e. The lowest BCUT2D eigenvalue weighted by Gasteiger charge is -2.22. The molecule has 0 saturated heterocycles. The van der Waals surface area contributed by atoms with Crippen molar-refractivity contribution in [3.8, 4) is 28.4 Å². The van der Waals surface area contributed by atoms with Crippen molar-refractivity contribution >= 4 is 15.8 Å². The van der Waals surface area contributed by atoms with Crippen LogP contribution in [0, 0.1) is 0 Å². The smallest absolute Gasteiger partial charge is 0.283 e. The number of aromatic nitrogens is 2. The molecule has 4 rings (SSSR count). The van der Waals surface area contributed by atoms with Crippen molar-refractivity contribution < 1.29 is 22.6 Å². The molecular formula is C24H29N3O5S. The maximum absolute atomic E-state index is 13.2. The molecule has 1 heterocycles. The van der Waals surface area contributed by atoms with E-state index in [-0.39, 0.29) is 10.7 Å². The molecule has 8 nitrogen and oxygen atoms in total. The number of anilines is 1. The van der Waals surface area contributed by atoms with Gasteiger partial charge in [-0.15, -0.1) is 5.10 Å². The Morgan fingerprint density at radius 2 is 1.55 bits per heavy atom. The highest BCUT2D eigenvalue weighted by atomic mass is 32.2. The van der Waals surface area contributed by atoms with E-state index in [1.54, 1.807) is 24.3 Å². The van der Waals surface area contributed by atoms with Crippen LogP contribution in [0.2, 0.25) is 0 Å². The molecule has 1 aromatic heterocycles. The monoisotopic (exact) mass is 471 g/mol. The van der Waals surface area contributed by atoms with Crippen LogP contribution in [0.3, 0.4) is 0 Å². The summed E-state index contributed by atoms with van der Waals surface area (Å²) < 4.78 is 43.5. The van der Waals surface area contributed by atoms with Crippen molar-refractivity contribution in [1.82, 2.24) is 9.19 Å². The fourth-order valence-electron chi connectivity index (χ4n) is 4.40. The van der Waals surface area contributed by atoms with Crippen LogP contribution >= 0.6 is 0 Å². The zero-order chi connectivity index (χ0) is 23.6. The third-order valence-corrected chi connectivity index (χ3v) is 7.75. The first kappa shape index (κ1) is 23.0. The van der Waals surface area contributed by atoms with Crippen LogP contribution in [0.4, 0.5) is 5.82 Å². The molecule has 0 bridgehead atoms. The molecule has 3 aromatic rings. The lowest BCUT2D eigenvalue weighted by molar-refractivity contribution is 0.324. The summed E-state index contributed by atoms with van der Waals surface area (Å²) in [5, 5.41) is 4.09. The Morgan fingerprint density at radius 1 is 0.939 bits per heavy atom. The summed E-state index contributed by atoms with van der Waals surface area (Å²) in [5.41, 5.74) is 8.34.